The van der Waals surface area contributed by atoms with Gasteiger partial charge in [-0.05, 0) is 41.0 Å². The molecule has 174 valence electrons. The lowest BCUT2D eigenvalue weighted by Gasteiger charge is -2.25. The summed E-state index contributed by atoms with van der Waals surface area (Å²) in [5, 5.41) is 11.7. The van der Waals surface area contributed by atoms with Gasteiger partial charge in [0.1, 0.15) is 6.61 Å². The van der Waals surface area contributed by atoms with E-state index in [1.54, 1.807) is 7.05 Å². The quantitative estimate of drug-likeness (QED) is 0.636. The summed E-state index contributed by atoms with van der Waals surface area (Å²) in [4.78, 5) is 37.5. The third kappa shape index (κ3) is 5.02. The molecule has 7 heteroatoms. The van der Waals surface area contributed by atoms with Crippen molar-refractivity contribution >= 4 is 18.0 Å². The molecule has 2 atom stereocenters. The number of benzene rings is 2. The number of carboxylic acids is 1. The number of ether oxygens (including phenoxy) is 1. The number of hydrogen-bond acceptors (Lipinski definition) is 4. The van der Waals surface area contributed by atoms with Crippen LogP contribution in [0.15, 0.2) is 48.5 Å². The first-order valence-corrected chi connectivity index (χ1v) is 11.5. The van der Waals surface area contributed by atoms with Crippen molar-refractivity contribution in [2.24, 2.45) is 11.8 Å². The maximum atomic E-state index is 12.7. The molecule has 33 heavy (non-hydrogen) atoms. The summed E-state index contributed by atoms with van der Waals surface area (Å²) in [5.74, 6) is -1.13. The highest BCUT2D eigenvalue weighted by Crippen LogP contribution is 2.44. The lowest BCUT2D eigenvalue weighted by molar-refractivity contribution is -0.139. The van der Waals surface area contributed by atoms with E-state index in [0.29, 0.717) is 6.54 Å². The molecule has 1 saturated carbocycles. The standard InChI is InChI=1S/C26H30N2O5/c1-28(14-13-24(29)30)25(31)18-12-6-7-17(18)15-27-26(32)33-16-23-21-10-4-2-8-19(21)20-9-3-5-11-22(20)23/h2-5,8-11,17-18,23H,6-7,12-16H2,1H3,(H,27,32)(H,29,30)/t17-,18-/m1/s1. The smallest absolute Gasteiger partial charge is 0.407 e. The fraction of sp³-hybridized carbons (Fsp3) is 0.423. The van der Waals surface area contributed by atoms with Gasteiger partial charge in [0.05, 0.1) is 6.42 Å². The summed E-state index contributed by atoms with van der Waals surface area (Å²) in [6, 6.07) is 16.4. The largest absolute Gasteiger partial charge is 0.481 e. The van der Waals surface area contributed by atoms with E-state index < -0.39 is 12.1 Å². The highest BCUT2D eigenvalue weighted by molar-refractivity contribution is 5.80. The van der Waals surface area contributed by atoms with Crippen molar-refractivity contribution in [1.82, 2.24) is 10.2 Å². The number of fused-ring (bicyclic) bond motifs is 3. The number of hydrogen-bond donors (Lipinski definition) is 2. The Hall–Kier alpha value is -3.35. The normalized spacial score (nSPS) is 18.9. The zero-order chi connectivity index (χ0) is 23.4. The van der Waals surface area contributed by atoms with Crippen LogP contribution in [0.5, 0.6) is 0 Å². The monoisotopic (exact) mass is 450 g/mol. The lowest BCUT2D eigenvalue weighted by Crippen LogP contribution is -2.39. The highest BCUT2D eigenvalue weighted by atomic mass is 16.5. The van der Waals surface area contributed by atoms with Crippen molar-refractivity contribution < 1.29 is 24.2 Å². The maximum Gasteiger partial charge on any atom is 0.407 e. The van der Waals surface area contributed by atoms with Gasteiger partial charge in [-0.25, -0.2) is 4.79 Å². The Balaban J connectivity index is 1.30. The van der Waals surface area contributed by atoms with Crippen LogP contribution < -0.4 is 5.32 Å². The number of nitrogens with zero attached hydrogens (tertiary/aromatic N) is 1. The Bertz CT molecular complexity index is 991. The molecule has 0 radical (unpaired) electrons. The van der Waals surface area contributed by atoms with Crippen molar-refractivity contribution in [3.8, 4) is 11.1 Å². The number of nitrogens with one attached hydrogen (secondary N) is 1. The van der Waals surface area contributed by atoms with Gasteiger partial charge in [0.15, 0.2) is 0 Å². The summed E-state index contributed by atoms with van der Waals surface area (Å²) in [6.45, 7) is 0.821. The van der Waals surface area contributed by atoms with Gasteiger partial charge in [-0.1, -0.05) is 55.0 Å². The molecule has 0 heterocycles. The molecule has 0 saturated heterocycles. The first kappa shape index (κ1) is 22.8. The second-order valence-corrected chi connectivity index (χ2v) is 8.91. The molecule has 0 aliphatic heterocycles. The van der Waals surface area contributed by atoms with Crippen molar-refractivity contribution in [2.45, 2.75) is 31.6 Å². The van der Waals surface area contributed by atoms with Crippen molar-refractivity contribution in [2.75, 3.05) is 26.7 Å². The topological polar surface area (TPSA) is 95.9 Å². The lowest BCUT2D eigenvalue weighted by atomic mass is 9.94. The van der Waals surface area contributed by atoms with Gasteiger partial charge in [-0.3, -0.25) is 9.59 Å². The van der Waals surface area contributed by atoms with Gasteiger partial charge >= 0.3 is 12.1 Å². The summed E-state index contributed by atoms with van der Waals surface area (Å²) < 4.78 is 5.60. The molecule has 2 aliphatic carbocycles. The van der Waals surface area contributed by atoms with Gasteiger partial charge in [0, 0.05) is 32.0 Å². The van der Waals surface area contributed by atoms with Crippen LogP contribution in [0.1, 0.15) is 42.7 Å². The Labute approximate surface area is 193 Å². The predicted octanol–water partition coefficient (Wildman–Crippen LogP) is 3.87. The van der Waals surface area contributed by atoms with Gasteiger partial charge < -0.3 is 20.1 Å². The minimum atomic E-state index is -0.922. The van der Waals surface area contributed by atoms with E-state index in [1.807, 2.05) is 24.3 Å². The molecule has 0 spiro atoms. The Kier molecular flexibility index (Phi) is 6.96. The molecule has 2 amide bonds. The highest BCUT2D eigenvalue weighted by Gasteiger charge is 2.35. The zero-order valence-electron chi connectivity index (χ0n) is 18.8. The van der Waals surface area contributed by atoms with Crippen molar-refractivity contribution in [3.05, 3.63) is 59.7 Å². The van der Waals surface area contributed by atoms with Gasteiger partial charge in [0.25, 0.3) is 0 Å². The Morgan fingerprint density at radius 2 is 1.67 bits per heavy atom. The average molecular weight is 451 g/mol. The van der Waals surface area contributed by atoms with Crippen LogP contribution in [0.25, 0.3) is 11.1 Å². The van der Waals surface area contributed by atoms with E-state index in [-0.39, 0.29) is 43.2 Å². The zero-order valence-corrected chi connectivity index (χ0v) is 18.8. The summed E-state index contributed by atoms with van der Waals surface area (Å²) in [6.07, 6.45) is 1.98. The SMILES string of the molecule is CN(CCC(=O)O)C(=O)[C@@H]1CCC[C@@H]1CNC(=O)OCC1c2ccccc2-c2ccccc21. The third-order valence-electron chi connectivity index (χ3n) is 6.87. The number of aliphatic carboxylic acids is 1. The van der Waals surface area contributed by atoms with E-state index in [9.17, 15) is 14.4 Å². The number of alkyl carbamates (subject to hydrolysis) is 1. The second-order valence-electron chi connectivity index (χ2n) is 8.91. The van der Waals surface area contributed by atoms with Crippen LogP contribution in [0.3, 0.4) is 0 Å². The van der Waals surface area contributed by atoms with E-state index in [0.717, 1.165) is 30.4 Å². The van der Waals surface area contributed by atoms with Crippen molar-refractivity contribution in [3.63, 3.8) is 0 Å². The molecule has 1 fully saturated rings. The molecular weight excluding hydrogens is 420 g/mol. The van der Waals surface area contributed by atoms with E-state index in [4.69, 9.17) is 9.84 Å². The first-order valence-electron chi connectivity index (χ1n) is 11.5. The Morgan fingerprint density at radius 3 is 2.30 bits per heavy atom. The van der Waals surface area contributed by atoms with E-state index in [1.165, 1.54) is 16.0 Å². The fourth-order valence-electron chi connectivity index (χ4n) is 5.13. The summed E-state index contributed by atoms with van der Waals surface area (Å²) in [7, 11) is 1.64. The molecule has 4 rings (SSSR count). The molecule has 2 aliphatic rings. The van der Waals surface area contributed by atoms with Crippen LogP contribution in [-0.4, -0.2) is 54.7 Å². The van der Waals surface area contributed by atoms with Gasteiger partial charge in [-0.15, -0.1) is 0 Å². The number of carbonyl (C=O) groups is 3. The van der Waals surface area contributed by atoms with Crippen LogP contribution in [0, 0.1) is 11.8 Å². The average Bonchev–Trinajstić information content (AvgIpc) is 3.42. The minimum absolute atomic E-state index is 0.00633. The van der Waals surface area contributed by atoms with Crippen LogP contribution in [-0.2, 0) is 14.3 Å². The van der Waals surface area contributed by atoms with Gasteiger partial charge in [-0.2, -0.15) is 0 Å². The third-order valence-corrected chi connectivity index (χ3v) is 6.87. The minimum Gasteiger partial charge on any atom is -0.481 e. The number of carboxylic acid groups (broad SMARTS) is 1. The number of carbonyl (C=O) groups excluding carboxylic acids is 2. The number of amides is 2. The molecule has 0 aromatic heterocycles. The molecular formula is C26H30N2O5. The number of rotatable bonds is 8. The fourth-order valence-corrected chi connectivity index (χ4v) is 5.13. The first-order chi connectivity index (χ1) is 16.0. The summed E-state index contributed by atoms with van der Waals surface area (Å²) in [5.41, 5.74) is 4.69. The second kappa shape index (κ2) is 10.1. The van der Waals surface area contributed by atoms with Crippen LogP contribution in [0.2, 0.25) is 0 Å². The van der Waals surface area contributed by atoms with Gasteiger partial charge in [0.2, 0.25) is 5.91 Å². The molecule has 0 unspecified atom stereocenters. The molecule has 2 N–H and O–H groups in total. The maximum absolute atomic E-state index is 12.7. The van der Waals surface area contributed by atoms with Crippen LogP contribution >= 0.6 is 0 Å². The predicted molar refractivity (Wildman–Crippen MR) is 124 cm³/mol. The molecule has 7 nitrogen and oxygen atoms in total. The van der Waals surface area contributed by atoms with Crippen molar-refractivity contribution in [1.29, 1.82) is 0 Å². The summed E-state index contributed by atoms with van der Waals surface area (Å²) >= 11 is 0. The van der Waals surface area contributed by atoms with E-state index >= 15 is 0 Å². The molecule has 2 aromatic carbocycles. The van der Waals surface area contributed by atoms with E-state index in [2.05, 4.69) is 29.6 Å². The Morgan fingerprint density at radius 1 is 1.03 bits per heavy atom. The molecule has 2 aromatic rings. The van der Waals surface area contributed by atoms with Crippen LogP contribution in [0.4, 0.5) is 4.79 Å². The molecule has 0 bridgehead atoms.